The van der Waals surface area contributed by atoms with Crippen molar-refractivity contribution in [2.75, 3.05) is 7.05 Å². The lowest BCUT2D eigenvalue weighted by Gasteiger charge is -1.99. The predicted molar refractivity (Wildman–Crippen MR) is 42.6 cm³/mol. The third kappa shape index (κ3) is 2.49. The Morgan fingerprint density at radius 2 is 2.30 bits per heavy atom. The van der Waals surface area contributed by atoms with Gasteiger partial charge < -0.3 is 5.32 Å². The number of rotatable bonds is 4. The maximum atomic E-state index is 10.9. The van der Waals surface area contributed by atoms with Gasteiger partial charge in [-0.15, -0.1) is 0 Å². The van der Waals surface area contributed by atoms with Crippen LogP contribution in [0.2, 0.25) is 0 Å². The molecule has 2 nitrogen and oxygen atoms in total. The van der Waals surface area contributed by atoms with Crippen molar-refractivity contribution >= 4 is 5.78 Å². The van der Waals surface area contributed by atoms with E-state index < -0.39 is 0 Å². The standard InChI is InChI=1S/C8H13NO/c1-4-6-7(9-3)8(10)5-2/h5-6,9H,2,4H2,1,3H3/b7-6+. The topological polar surface area (TPSA) is 29.1 Å². The molecule has 0 aliphatic heterocycles. The molecule has 1 N–H and O–H groups in total. The van der Waals surface area contributed by atoms with Gasteiger partial charge in [-0.05, 0) is 12.5 Å². The van der Waals surface area contributed by atoms with Crippen LogP contribution in [0.1, 0.15) is 13.3 Å². The fraction of sp³-hybridized carbons (Fsp3) is 0.375. The minimum atomic E-state index is -0.0515. The molecule has 0 amide bonds. The minimum absolute atomic E-state index is 0.0515. The molecule has 0 aromatic rings. The number of ketones is 1. The van der Waals surface area contributed by atoms with E-state index in [0.29, 0.717) is 5.70 Å². The molecule has 2 heteroatoms. The van der Waals surface area contributed by atoms with Crippen LogP contribution in [0.5, 0.6) is 0 Å². The molecule has 0 heterocycles. The zero-order valence-corrected chi connectivity index (χ0v) is 6.48. The molecule has 0 saturated carbocycles. The van der Waals surface area contributed by atoms with Gasteiger partial charge in [-0.2, -0.15) is 0 Å². The molecular weight excluding hydrogens is 126 g/mol. The summed E-state index contributed by atoms with van der Waals surface area (Å²) in [5, 5.41) is 2.79. The van der Waals surface area contributed by atoms with Crippen LogP contribution in [0.4, 0.5) is 0 Å². The van der Waals surface area contributed by atoms with Crippen LogP contribution < -0.4 is 5.32 Å². The third-order valence-corrected chi connectivity index (χ3v) is 1.13. The molecule has 0 spiro atoms. The monoisotopic (exact) mass is 139 g/mol. The number of carbonyl (C=O) groups excluding carboxylic acids is 1. The van der Waals surface area contributed by atoms with Gasteiger partial charge >= 0.3 is 0 Å². The first-order valence-corrected chi connectivity index (χ1v) is 3.31. The molecule has 0 bridgehead atoms. The molecule has 0 unspecified atom stereocenters. The van der Waals surface area contributed by atoms with Crippen molar-refractivity contribution < 1.29 is 4.79 Å². The average molecular weight is 139 g/mol. The SMILES string of the molecule is C=CC(=O)/C(=C\CC)NC. The van der Waals surface area contributed by atoms with E-state index in [0.717, 1.165) is 6.42 Å². The Balaban J connectivity index is 4.19. The second kappa shape index (κ2) is 4.79. The van der Waals surface area contributed by atoms with Gasteiger partial charge in [-0.1, -0.05) is 19.6 Å². The van der Waals surface area contributed by atoms with Crippen LogP contribution in [0.3, 0.4) is 0 Å². The summed E-state index contributed by atoms with van der Waals surface area (Å²) in [4.78, 5) is 10.9. The number of allylic oxidation sites excluding steroid dienone is 2. The summed E-state index contributed by atoms with van der Waals surface area (Å²) >= 11 is 0. The summed E-state index contributed by atoms with van der Waals surface area (Å²) in [6.07, 6.45) is 4.00. The van der Waals surface area contributed by atoms with E-state index in [1.807, 2.05) is 13.0 Å². The molecule has 0 aliphatic carbocycles. The highest BCUT2D eigenvalue weighted by Crippen LogP contribution is 1.93. The van der Waals surface area contributed by atoms with Gasteiger partial charge in [0.05, 0.1) is 5.70 Å². The van der Waals surface area contributed by atoms with Crippen molar-refractivity contribution in [2.24, 2.45) is 0 Å². The lowest BCUT2D eigenvalue weighted by molar-refractivity contribution is -0.111. The summed E-state index contributed by atoms with van der Waals surface area (Å²) in [5.74, 6) is -0.0515. The lowest BCUT2D eigenvalue weighted by Crippen LogP contribution is -2.13. The Morgan fingerprint density at radius 3 is 2.60 bits per heavy atom. The molecule has 0 aromatic carbocycles. The van der Waals surface area contributed by atoms with Gasteiger partial charge in [0, 0.05) is 7.05 Å². The molecule has 10 heavy (non-hydrogen) atoms. The minimum Gasteiger partial charge on any atom is -0.385 e. The van der Waals surface area contributed by atoms with Crippen molar-refractivity contribution in [3.8, 4) is 0 Å². The molecule has 0 saturated heterocycles. The number of carbonyl (C=O) groups is 1. The summed E-state index contributed by atoms with van der Waals surface area (Å²) in [6, 6.07) is 0. The third-order valence-electron chi connectivity index (χ3n) is 1.13. The van der Waals surface area contributed by atoms with E-state index in [9.17, 15) is 4.79 Å². The van der Waals surface area contributed by atoms with Crippen molar-refractivity contribution in [2.45, 2.75) is 13.3 Å². The first-order chi connectivity index (χ1) is 4.76. The van der Waals surface area contributed by atoms with Gasteiger partial charge in [0.2, 0.25) is 5.78 Å². The highest BCUT2D eigenvalue weighted by Gasteiger charge is 1.99. The van der Waals surface area contributed by atoms with E-state index in [-0.39, 0.29) is 5.78 Å². The Morgan fingerprint density at radius 1 is 1.70 bits per heavy atom. The van der Waals surface area contributed by atoms with Gasteiger partial charge in [0.25, 0.3) is 0 Å². The fourth-order valence-corrected chi connectivity index (χ4v) is 0.640. The van der Waals surface area contributed by atoms with Crippen LogP contribution >= 0.6 is 0 Å². The fourth-order valence-electron chi connectivity index (χ4n) is 0.640. The molecule has 0 rings (SSSR count). The maximum absolute atomic E-state index is 10.9. The van der Waals surface area contributed by atoms with Gasteiger partial charge in [-0.25, -0.2) is 0 Å². The summed E-state index contributed by atoms with van der Waals surface area (Å²) in [7, 11) is 1.73. The first kappa shape index (κ1) is 8.95. The average Bonchev–Trinajstić information content (AvgIpc) is 1.99. The number of nitrogens with one attached hydrogen (secondary N) is 1. The van der Waals surface area contributed by atoms with Crippen LogP contribution in [0.25, 0.3) is 0 Å². The molecule has 0 aliphatic rings. The normalized spacial score (nSPS) is 10.8. The summed E-state index contributed by atoms with van der Waals surface area (Å²) in [6.45, 7) is 5.36. The maximum Gasteiger partial charge on any atom is 0.200 e. The van der Waals surface area contributed by atoms with Crippen molar-refractivity contribution in [1.29, 1.82) is 0 Å². The van der Waals surface area contributed by atoms with Crippen LogP contribution in [-0.4, -0.2) is 12.8 Å². The number of hydrogen-bond donors (Lipinski definition) is 1. The Labute approximate surface area is 61.6 Å². The first-order valence-electron chi connectivity index (χ1n) is 3.31. The molecule has 0 aromatic heterocycles. The largest absolute Gasteiger partial charge is 0.385 e. The van der Waals surface area contributed by atoms with Gasteiger partial charge in [0.1, 0.15) is 0 Å². The van der Waals surface area contributed by atoms with Crippen LogP contribution in [0.15, 0.2) is 24.4 Å². The van der Waals surface area contributed by atoms with Gasteiger partial charge in [-0.3, -0.25) is 4.79 Å². The molecule has 56 valence electrons. The van der Waals surface area contributed by atoms with Crippen LogP contribution in [0, 0.1) is 0 Å². The number of likely N-dealkylation sites (N-methyl/N-ethyl adjacent to an activating group) is 1. The molecule has 0 fully saturated rings. The summed E-state index contributed by atoms with van der Waals surface area (Å²) < 4.78 is 0. The molecule has 0 radical (unpaired) electrons. The van der Waals surface area contributed by atoms with E-state index in [1.54, 1.807) is 7.05 Å². The van der Waals surface area contributed by atoms with Crippen molar-refractivity contribution in [3.63, 3.8) is 0 Å². The van der Waals surface area contributed by atoms with E-state index >= 15 is 0 Å². The van der Waals surface area contributed by atoms with Gasteiger partial charge in [0.15, 0.2) is 0 Å². The quantitative estimate of drug-likeness (QED) is 0.594. The lowest BCUT2D eigenvalue weighted by atomic mass is 10.2. The highest BCUT2D eigenvalue weighted by atomic mass is 16.1. The zero-order valence-electron chi connectivity index (χ0n) is 6.48. The predicted octanol–water partition coefficient (Wildman–Crippen LogP) is 1.25. The van der Waals surface area contributed by atoms with Crippen molar-refractivity contribution in [1.82, 2.24) is 5.32 Å². The second-order valence-corrected chi connectivity index (χ2v) is 1.84. The molecule has 0 atom stereocenters. The Bertz CT molecular complexity index is 159. The Kier molecular flexibility index (Phi) is 4.29. The second-order valence-electron chi connectivity index (χ2n) is 1.84. The summed E-state index contributed by atoms with van der Waals surface area (Å²) in [5.41, 5.74) is 0.623. The number of hydrogen-bond acceptors (Lipinski definition) is 2. The molecular formula is C8H13NO. The zero-order chi connectivity index (χ0) is 7.98. The highest BCUT2D eigenvalue weighted by molar-refractivity contribution is 6.02. The van der Waals surface area contributed by atoms with E-state index in [4.69, 9.17) is 0 Å². The van der Waals surface area contributed by atoms with Crippen LogP contribution in [-0.2, 0) is 4.79 Å². The van der Waals surface area contributed by atoms with E-state index in [2.05, 4.69) is 11.9 Å². The van der Waals surface area contributed by atoms with Crippen molar-refractivity contribution in [3.05, 3.63) is 24.4 Å². The van der Waals surface area contributed by atoms with E-state index in [1.165, 1.54) is 6.08 Å². The Hall–Kier alpha value is -1.05. The smallest absolute Gasteiger partial charge is 0.200 e.